The van der Waals surface area contributed by atoms with Gasteiger partial charge in [-0.15, -0.1) is 0 Å². The van der Waals surface area contributed by atoms with Gasteiger partial charge in [-0.2, -0.15) is 11.1 Å². The first-order chi connectivity index (χ1) is 9.04. The highest BCUT2D eigenvalue weighted by molar-refractivity contribution is 7.23. The number of allylic oxidation sites excluding steroid dienone is 4. The summed E-state index contributed by atoms with van der Waals surface area (Å²) in [7, 11) is -1.72. The van der Waals surface area contributed by atoms with Gasteiger partial charge < -0.3 is 0 Å². The molecule has 1 aliphatic rings. The number of aromatic nitrogens is 1. The summed E-state index contributed by atoms with van der Waals surface area (Å²) in [5, 5.41) is 2.52. The summed E-state index contributed by atoms with van der Waals surface area (Å²) in [6.07, 6.45) is 8.56. The Kier molecular flexibility index (Phi) is 3.07. The summed E-state index contributed by atoms with van der Waals surface area (Å²) in [6, 6.07) is 10.6. The number of nitrogens with zero attached hydrogens (tertiary/aromatic N) is 1. The smallest absolute Gasteiger partial charge is 0.180 e. The fourth-order valence-electron chi connectivity index (χ4n) is 2.42. The Hall–Kier alpha value is -1.38. The Morgan fingerprint density at radius 2 is 2.05 bits per heavy atom. The molecule has 0 fully saturated rings. The van der Waals surface area contributed by atoms with E-state index in [0.717, 1.165) is 5.52 Å². The number of pyridine rings is 1. The molecule has 1 aromatic heterocycles. The molecule has 19 heavy (non-hydrogen) atoms. The van der Waals surface area contributed by atoms with Crippen molar-refractivity contribution in [3.8, 4) is 0 Å². The van der Waals surface area contributed by atoms with Gasteiger partial charge in [0.2, 0.25) is 0 Å². The lowest BCUT2D eigenvalue weighted by molar-refractivity contribution is 1.11. The van der Waals surface area contributed by atoms with Crippen LogP contribution >= 0.6 is 11.1 Å². The maximum absolute atomic E-state index is 6.50. The third-order valence-electron chi connectivity index (χ3n) is 3.54. The van der Waals surface area contributed by atoms with E-state index in [1.807, 2.05) is 12.3 Å². The minimum atomic E-state index is -1.72. The molecule has 1 heterocycles. The zero-order valence-electron chi connectivity index (χ0n) is 11.1. The van der Waals surface area contributed by atoms with Crippen LogP contribution in [0.3, 0.4) is 0 Å². The zero-order valence-corrected chi connectivity index (χ0v) is 12.9. The van der Waals surface area contributed by atoms with E-state index in [-0.39, 0.29) is 0 Å². The van der Waals surface area contributed by atoms with Crippen LogP contribution in [0.4, 0.5) is 0 Å². The predicted octanol–water partition coefficient (Wildman–Crippen LogP) is 4.80. The molecule has 0 aliphatic heterocycles. The predicted molar refractivity (Wildman–Crippen MR) is 85.0 cm³/mol. The molecule has 0 saturated heterocycles. The first-order valence-electron chi connectivity index (χ1n) is 6.48. The molecule has 3 rings (SSSR count). The zero-order chi connectivity index (χ0) is 13.5. The van der Waals surface area contributed by atoms with Crippen molar-refractivity contribution in [3.63, 3.8) is 0 Å². The van der Waals surface area contributed by atoms with E-state index in [4.69, 9.17) is 11.1 Å². The van der Waals surface area contributed by atoms with Gasteiger partial charge >= 0.3 is 0 Å². The van der Waals surface area contributed by atoms with Crippen molar-refractivity contribution in [2.24, 2.45) is 0 Å². The van der Waals surface area contributed by atoms with Crippen molar-refractivity contribution in [1.29, 1.82) is 0 Å². The Morgan fingerprint density at radius 1 is 1.21 bits per heavy atom. The van der Waals surface area contributed by atoms with Crippen molar-refractivity contribution >= 4 is 29.4 Å². The molecule has 0 radical (unpaired) electrons. The lowest BCUT2D eigenvalue weighted by Crippen LogP contribution is -2.18. The number of hydrogen-bond acceptors (Lipinski definition) is 1. The Labute approximate surface area is 119 Å². The van der Waals surface area contributed by atoms with Gasteiger partial charge in [-0.25, -0.2) is 0 Å². The van der Waals surface area contributed by atoms with Crippen LogP contribution < -0.4 is 0 Å². The standard InChI is InChI=1S/C16H16ClNSi/c1-19(2,17)15-7-5-13(11-15)12-6-8-16-14(10-12)4-3-9-18-16/h3-11,13H,1-2H3. The van der Waals surface area contributed by atoms with Gasteiger partial charge in [-0.05, 0) is 29.0 Å². The van der Waals surface area contributed by atoms with Gasteiger partial charge in [0.1, 0.15) is 0 Å². The first kappa shape index (κ1) is 12.6. The second-order valence-electron chi connectivity index (χ2n) is 5.43. The van der Waals surface area contributed by atoms with E-state index in [9.17, 15) is 0 Å². The molecule has 1 atom stereocenters. The molecule has 0 spiro atoms. The molecule has 2 aromatic rings. The topological polar surface area (TPSA) is 12.9 Å². The molecule has 1 aliphatic carbocycles. The second kappa shape index (κ2) is 4.62. The Bertz CT molecular complexity index is 682. The van der Waals surface area contributed by atoms with Gasteiger partial charge in [0, 0.05) is 17.5 Å². The maximum Gasteiger partial charge on any atom is 0.180 e. The van der Waals surface area contributed by atoms with Gasteiger partial charge in [0.05, 0.1) is 5.52 Å². The average Bonchev–Trinajstić information content (AvgIpc) is 2.87. The van der Waals surface area contributed by atoms with E-state index in [1.165, 1.54) is 16.1 Å². The van der Waals surface area contributed by atoms with Crippen molar-refractivity contribution < 1.29 is 0 Å². The van der Waals surface area contributed by atoms with Crippen LogP contribution in [0.2, 0.25) is 13.1 Å². The summed E-state index contributed by atoms with van der Waals surface area (Å²) < 4.78 is 0. The highest BCUT2D eigenvalue weighted by Crippen LogP contribution is 2.33. The number of hydrogen-bond donors (Lipinski definition) is 0. The van der Waals surface area contributed by atoms with Crippen molar-refractivity contribution in [1.82, 2.24) is 4.98 Å². The molecule has 0 saturated carbocycles. The highest BCUT2D eigenvalue weighted by Gasteiger charge is 2.25. The van der Waals surface area contributed by atoms with Crippen LogP contribution in [-0.2, 0) is 0 Å². The van der Waals surface area contributed by atoms with Crippen molar-refractivity contribution in [2.75, 3.05) is 0 Å². The van der Waals surface area contributed by atoms with Gasteiger partial charge in [-0.1, -0.05) is 43.5 Å². The van der Waals surface area contributed by atoms with Gasteiger partial charge in [-0.3, -0.25) is 4.98 Å². The van der Waals surface area contributed by atoms with Crippen LogP contribution in [0.25, 0.3) is 10.9 Å². The molecular weight excluding hydrogens is 270 g/mol. The van der Waals surface area contributed by atoms with Gasteiger partial charge in [0.25, 0.3) is 0 Å². The van der Waals surface area contributed by atoms with Crippen LogP contribution in [0.1, 0.15) is 11.5 Å². The van der Waals surface area contributed by atoms with Crippen LogP contribution in [0.5, 0.6) is 0 Å². The summed E-state index contributed by atoms with van der Waals surface area (Å²) in [6.45, 7) is 4.33. The molecule has 0 bridgehead atoms. The maximum atomic E-state index is 6.50. The van der Waals surface area contributed by atoms with E-state index in [2.05, 4.69) is 60.6 Å². The fourth-order valence-corrected chi connectivity index (χ4v) is 3.86. The molecule has 0 N–H and O–H groups in total. The third kappa shape index (κ3) is 2.51. The van der Waals surface area contributed by atoms with Crippen LogP contribution in [0, 0.1) is 0 Å². The highest BCUT2D eigenvalue weighted by atomic mass is 35.6. The Morgan fingerprint density at radius 3 is 2.79 bits per heavy atom. The second-order valence-corrected chi connectivity index (χ2v) is 11.8. The van der Waals surface area contributed by atoms with Gasteiger partial charge in [0.15, 0.2) is 7.38 Å². The molecule has 3 heteroatoms. The lowest BCUT2D eigenvalue weighted by Gasteiger charge is -2.13. The fraction of sp³-hybridized carbons (Fsp3) is 0.188. The third-order valence-corrected chi connectivity index (χ3v) is 5.90. The largest absolute Gasteiger partial charge is 0.256 e. The lowest BCUT2D eigenvalue weighted by atomic mass is 9.99. The van der Waals surface area contributed by atoms with Crippen molar-refractivity contribution in [3.05, 3.63) is 65.5 Å². The van der Waals surface area contributed by atoms with E-state index >= 15 is 0 Å². The minimum absolute atomic E-state index is 0.352. The molecule has 96 valence electrons. The van der Waals surface area contributed by atoms with E-state index in [1.54, 1.807) is 0 Å². The van der Waals surface area contributed by atoms with E-state index in [0.29, 0.717) is 5.92 Å². The van der Waals surface area contributed by atoms with Crippen molar-refractivity contribution in [2.45, 2.75) is 19.0 Å². The average molecular weight is 286 g/mol. The molecule has 1 nitrogen and oxygen atoms in total. The molecular formula is C16H16ClNSi. The van der Waals surface area contributed by atoms with Crippen LogP contribution in [0.15, 0.2) is 60.0 Å². The molecule has 1 aromatic carbocycles. The Balaban J connectivity index is 1.98. The molecule has 0 amide bonds. The minimum Gasteiger partial charge on any atom is -0.256 e. The summed E-state index contributed by atoms with van der Waals surface area (Å²) in [5.74, 6) is 0.352. The SMILES string of the molecule is C[Si](C)(Cl)C1=CC(c2ccc3ncccc3c2)C=C1. The van der Waals surface area contributed by atoms with Crippen LogP contribution in [-0.4, -0.2) is 12.4 Å². The first-order valence-corrected chi connectivity index (χ1v) is 10.5. The number of benzene rings is 1. The quantitative estimate of drug-likeness (QED) is 0.571. The summed E-state index contributed by atoms with van der Waals surface area (Å²) >= 11 is 6.50. The monoisotopic (exact) mass is 285 g/mol. The van der Waals surface area contributed by atoms with E-state index < -0.39 is 7.38 Å². The number of rotatable bonds is 2. The number of halogens is 1. The summed E-state index contributed by atoms with van der Waals surface area (Å²) in [4.78, 5) is 4.36. The number of fused-ring (bicyclic) bond motifs is 1. The molecule has 1 unspecified atom stereocenters. The normalized spacial score (nSPS) is 18.9. The summed E-state index contributed by atoms with van der Waals surface area (Å²) in [5.41, 5.74) is 2.35.